The van der Waals surface area contributed by atoms with Gasteiger partial charge in [-0.2, -0.15) is 0 Å². The number of ether oxygens (including phenoxy) is 1. The van der Waals surface area contributed by atoms with Crippen LogP contribution in [0.4, 0.5) is 5.00 Å². The average molecular weight is 515 g/mol. The maximum atomic E-state index is 5.58. The van der Waals surface area contributed by atoms with Crippen LogP contribution in [0.5, 0.6) is 5.88 Å². The number of nitrogens with one attached hydrogen (secondary N) is 2. The van der Waals surface area contributed by atoms with E-state index in [1.165, 1.54) is 5.00 Å². The number of piperidine rings is 1. The standard InChI is InChI=1S/C20H29N5OS.HI/c1-15(2)26-18-7-6-16(13-22-18)14-23-20(21-3)24-17-8-10-25(11-9-17)19-5-4-12-27-19;/h4-7,12-13,15,17H,8-11,14H2,1-3H3,(H2,21,23,24);1H. The molecule has 2 aromatic rings. The molecule has 3 rings (SSSR count). The van der Waals surface area contributed by atoms with Crippen molar-refractivity contribution in [3.05, 3.63) is 41.4 Å². The second-order valence-electron chi connectivity index (χ2n) is 6.95. The highest BCUT2D eigenvalue weighted by Gasteiger charge is 2.20. The number of hydrogen-bond acceptors (Lipinski definition) is 5. The summed E-state index contributed by atoms with van der Waals surface area (Å²) in [4.78, 5) is 11.2. The van der Waals surface area contributed by atoms with E-state index in [0.29, 0.717) is 18.5 Å². The fourth-order valence-electron chi connectivity index (χ4n) is 3.09. The Balaban J connectivity index is 0.00000280. The van der Waals surface area contributed by atoms with Gasteiger partial charge in [0.1, 0.15) is 0 Å². The van der Waals surface area contributed by atoms with Crippen molar-refractivity contribution in [1.29, 1.82) is 0 Å². The summed E-state index contributed by atoms with van der Waals surface area (Å²) in [7, 11) is 1.81. The van der Waals surface area contributed by atoms with Crippen LogP contribution < -0.4 is 20.3 Å². The maximum absolute atomic E-state index is 5.58. The first kappa shape index (κ1) is 22.7. The Morgan fingerprint density at radius 2 is 2.11 bits per heavy atom. The first-order valence-corrected chi connectivity index (χ1v) is 10.4. The Hall–Kier alpha value is -1.55. The number of anilines is 1. The van der Waals surface area contributed by atoms with Gasteiger partial charge < -0.3 is 20.3 Å². The molecule has 0 saturated carbocycles. The van der Waals surface area contributed by atoms with Gasteiger partial charge in [-0.3, -0.25) is 4.99 Å². The van der Waals surface area contributed by atoms with Gasteiger partial charge in [-0.25, -0.2) is 4.98 Å². The highest BCUT2D eigenvalue weighted by molar-refractivity contribution is 14.0. The third-order valence-electron chi connectivity index (χ3n) is 4.49. The molecule has 0 aliphatic carbocycles. The third-order valence-corrected chi connectivity index (χ3v) is 5.42. The lowest BCUT2D eigenvalue weighted by molar-refractivity contribution is 0.232. The molecule has 1 saturated heterocycles. The Labute approximate surface area is 188 Å². The van der Waals surface area contributed by atoms with E-state index in [1.807, 2.05) is 50.6 Å². The number of pyridine rings is 1. The van der Waals surface area contributed by atoms with Gasteiger partial charge in [-0.05, 0) is 49.8 Å². The van der Waals surface area contributed by atoms with Crippen LogP contribution in [0.15, 0.2) is 40.8 Å². The van der Waals surface area contributed by atoms with Crippen LogP contribution in [0.25, 0.3) is 0 Å². The smallest absolute Gasteiger partial charge is 0.213 e. The summed E-state index contributed by atoms with van der Waals surface area (Å²) in [6.45, 7) is 6.84. The van der Waals surface area contributed by atoms with Gasteiger partial charge in [-0.1, -0.05) is 6.07 Å². The van der Waals surface area contributed by atoms with Crippen LogP contribution in [0.3, 0.4) is 0 Å². The minimum Gasteiger partial charge on any atom is -0.475 e. The van der Waals surface area contributed by atoms with Crippen molar-refractivity contribution in [2.24, 2.45) is 4.99 Å². The van der Waals surface area contributed by atoms with Gasteiger partial charge in [0.2, 0.25) is 5.88 Å². The summed E-state index contributed by atoms with van der Waals surface area (Å²) >= 11 is 1.81. The summed E-state index contributed by atoms with van der Waals surface area (Å²) in [5.74, 6) is 1.50. The zero-order chi connectivity index (χ0) is 19.1. The van der Waals surface area contributed by atoms with Crippen molar-refractivity contribution in [2.75, 3.05) is 25.0 Å². The summed E-state index contributed by atoms with van der Waals surface area (Å²) in [5, 5.41) is 10.4. The minimum absolute atomic E-state index is 0. The normalized spacial score (nSPS) is 15.3. The second-order valence-corrected chi connectivity index (χ2v) is 7.88. The average Bonchev–Trinajstić information content (AvgIpc) is 3.21. The molecule has 1 aliphatic rings. The predicted molar refractivity (Wildman–Crippen MR) is 128 cm³/mol. The van der Waals surface area contributed by atoms with Crippen LogP contribution in [0.1, 0.15) is 32.3 Å². The largest absolute Gasteiger partial charge is 0.475 e. The Morgan fingerprint density at radius 1 is 1.32 bits per heavy atom. The summed E-state index contributed by atoms with van der Waals surface area (Å²) in [6, 6.07) is 8.71. The predicted octanol–water partition coefficient (Wildman–Crippen LogP) is 3.88. The molecule has 0 aromatic carbocycles. The number of thiophene rings is 1. The molecule has 28 heavy (non-hydrogen) atoms. The highest BCUT2D eigenvalue weighted by atomic mass is 127. The molecule has 0 unspecified atom stereocenters. The van der Waals surface area contributed by atoms with Crippen molar-refractivity contribution in [3.8, 4) is 5.88 Å². The van der Waals surface area contributed by atoms with E-state index < -0.39 is 0 Å². The van der Waals surface area contributed by atoms with Crippen molar-refractivity contribution < 1.29 is 4.74 Å². The lowest BCUT2D eigenvalue weighted by atomic mass is 10.1. The van der Waals surface area contributed by atoms with Gasteiger partial charge in [0.05, 0.1) is 11.1 Å². The molecule has 154 valence electrons. The van der Waals surface area contributed by atoms with Crippen molar-refractivity contribution >= 4 is 46.3 Å². The number of aliphatic imine (C=N–C) groups is 1. The molecule has 2 aromatic heterocycles. The van der Waals surface area contributed by atoms with Gasteiger partial charge >= 0.3 is 0 Å². The number of nitrogens with zero attached hydrogens (tertiary/aromatic N) is 3. The Morgan fingerprint density at radius 3 is 2.68 bits per heavy atom. The third kappa shape index (κ3) is 6.80. The van der Waals surface area contributed by atoms with Gasteiger partial charge in [0.15, 0.2) is 5.96 Å². The number of halogens is 1. The van der Waals surface area contributed by atoms with E-state index in [0.717, 1.165) is 37.5 Å². The van der Waals surface area contributed by atoms with E-state index in [-0.39, 0.29) is 30.1 Å². The van der Waals surface area contributed by atoms with Gasteiger partial charge in [0, 0.05) is 45.0 Å². The summed E-state index contributed by atoms with van der Waals surface area (Å²) < 4.78 is 5.58. The number of rotatable bonds is 6. The molecule has 1 fully saturated rings. The zero-order valence-electron chi connectivity index (χ0n) is 16.7. The van der Waals surface area contributed by atoms with E-state index >= 15 is 0 Å². The molecule has 1 aliphatic heterocycles. The van der Waals surface area contributed by atoms with Gasteiger partial charge in [-0.15, -0.1) is 35.3 Å². The van der Waals surface area contributed by atoms with Crippen LogP contribution in [0.2, 0.25) is 0 Å². The summed E-state index contributed by atoms with van der Waals surface area (Å²) in [5.41, 5.74) is 1.10. The molecular formula is C20H30IN5OS. The molecule has 0 amide bonds. The molecule has 0 radical (unpaired) electrons. The van der Waals surface area contributed by atoms with Gasteiger partial charge in [0.25, 0.3) is 0 Å². The second kappa shape index (κ2) is 11.5. The zero-order valence-corrected chi connectivity index (χ0v) is 19.9. The van der Waals surface area contributed by atoms with Crippen LogP contribution in [-0.2, 0) is 6.54 Å². The number of aromatic nitrogens is 1. The van der Waals surface area contributed by atoms with E-state index in [2.05, 4.69) is 43.0 Å². The lowest BCUT2D eigenvalue weighted by Gasteiger charge is -2.33. The number of guanidine groups is 1. The molecule has 8 heteroatoms. The van der Waals surface area contributed by atoms with Crippen LogP contribution >= 0.6 is 35.3 Å². The molecule has 6 nitrogen and oxygen atoms in total. The Bertz CT molecular complexity index is 713. The molecule has 0 atom stereocenters. The minimum atomic E-state index is 0. The molecule has 3 heterocycles. The van der Waals surface area contributed by atoms with E-state index in [4.69, 9.17) is 4.74 Å². The first-order valence-electron chi connectivity index (χ1n) is 9.51. The molecule has 0 bridgehead atoms. The van der Waals surface area contributed by atoms with Crippen LogP contribution in [0, 0.1) is 0 Å². The van der Waals surface area contributed by atoms with Crippen molar-refractivity contribution in [1.82, 2.24) is 15.6 Å². The monoisotopic (exact) mass is 515 g/mol. The first-order chi connectivity index (χ1) is 13.1. The SMILES string of the molecule is CN=C(NCc1ccc(OC(C)C)nc1)NC1CCN(c2cccs2)CC1.I. The number of hydrogen-bond donors (Lipinski definition) is 2. The fraction of sp³-hybridized carbons (Fsp3) is 0.500. The lowest BCUT2D eigenvalue weighted by Crippen LogP contribution is -2.48. The molecule has 0 spiro atoms. The van der Waals surface area contributed by atoms with E-state index in [9.17, 15) is 0 Å². The molecule has 2 N–H and O–H groups in total. The molecular weight excluding hydrogens is 485 g/mol. The van der Waals surface area contributed by atoms with Crippen molar-refractivity contribution in [3.63, 3.8) is 0 Å². The Kier molecular flexibility index (Phi) is 9.30. The van der Waals surface area contributed by atoms with E-state index in [1.54, 1.807) is 0 Å². The van der Waals surface area contributed by atoms with Crippen LogP contribution in [-0.4, -0.2) is 43.2 Å². The topological polar surface area (TPSA) is 61.8 Å². The fourth-order valence-corrected chi connectivity index (χ4v) is 3.88. The quantitative estimate of drug-likeness (QED) is 0.348. The van der Waals surface area contributed by atoms with Crippen molar-refractivity contribution in [2.45, 2.75) is 45.4 Å². The summed E-state index contributed by atoms with van der Waals surface area (Å²) in [6.07, 6.45) is 4.20. The maximum Gasteiger partial charge on any atom is 0.213 e. The highest BCUT2D eigenvalue weighted by Crippen LogP contribution is 2.24.